The maximum Gasteiger partial charge on any atom is 0.228 e. The molecule has 1 aliphatic heterocycles. The number of halogens is 1. The first-order chi connectivity index (χ1) is 12.7. The second kappa shape index (κ2) is 7.50. The lowest BCUT2D eigenvalue weighted by Crippen LogP contribution is -2.39. The van der Waals surface area contributed by atoms with Gasteiger partial charge in [-0.1, -0.05) is 41.9 Å². The Bertz CT molecular complexity index is 898. The van der Waals surface area contributed by atoms with Crippen LogP contribution in [0.4, 0.5) is 0 Å². The standard InChI is InChI=1S/C21H22ClN3O/c22-18-6-7-20-23-19(15-25(20)14-18)13-21(26)24-10-8-17(9-11-24)12-16-4-2-1-3-5-16/h1-7,14-15,17H,8-13H2. The van der Waals surface area contributed by atoms with E-state index in [-0.39, 0.29) is 5.91 Å². The van der Waals surface area contributed by atoms with Crippen molar-refractivity contribution in [2.75, 3.05) is 13.1 Å². The zero-order chi connectivity index (χ0) is 17.9. The Morgan fingerprint density at radius 3 is 2.62 bits per heavy atom. The van der Waals surface area contributed by atoms with Crippen molar-refractivity contribution >= 4 is 23.2 Å². The van der Waals surface area contributed by atoms with Gasteiger partial charge in [0.1, 0.15) is 5.65 Å². The van der Waals surface area contributed by atoms with E-state index in [0.29, 0.717) is 17.4 Å². The molecule has 0 saturated carbocycles. The van der Waals surface area contributed by atoms with Gasteiger partial charge < -0.3 is 9.30 Å². The number of aromatic nitrogens is 2. The zero-order valence-electron chi connectivity index (χ0n) is 14.6. The number of amides is 1. The average Bonchev–Trinajstić information content (AvgIpc) is 3.04. The van der Waals surface area contributed by atoms with Crippen molar-refractivity contribution in [3.8, 4) is 0 Å². The van der Waals surface area contributed by atoms with Crippen molar-refractivity contribution in [3.63, 3.8) is 0 Å². The van der Waals surface area contributed by atoms with E-state index in [1.165, 1.54) is 5.56 Å². The van der Waals surface area contributed by atoms with Gasteiger partial charge in [-0.2, -0.15) is 0 Å². The average molecular weight is 368 g/mol. The molecule has 1 aromatic carbocycles. The molecule has 1 saturated heterocycles. The number of carbonyl (C=O) groups is 1. The molecule has 0 unspecified atom stereocenters. The second-order valence-electron chi connectivity index (χ2n) is 7.04. The predicted molar refractivity (Wildman–Crippen MR) is 103 cm³/mol. The smallest absolute Gasteiger partial charge is 0.228 e. The number of fused-ring (bicyclic) bond motifs is 1. The third kappa shape index (κ3) is 3.91. The van der Waals surface area contributed by atoms with Gasteiger partial charge in [-0.05, 0) is 42.9 Å². The number of hydrogen-bond donors (Lipinski definition) is 0. The van der Waals surface area contributed by atoms with Crippen molar-refractivity contribution in [1.82, 2.24) is 14.3 Å². The molecule has 0 spiro atoms. The van der Waals surface area contributed by atoms with E-state index in [0.717, 1.165) is 43.7 Å². The van der Waals surface area contributed by atoms with Crippen molar-refractivity contribution in [3.05, 3.63) is 71.1 Å². The summed E-state index contributed by atoms with van der Waals surface area (Å²) in [5.41, 5.74) is 3.00. The molecule has 3 aromatic rings. The fraction of sp³-hybridized carbons (Fsp3) is 0.333. The van der Waals surface area contributed by atoms with Crippen LogP contribution in [0, 0.1) is 5.92 Å². The Morgan fingerprint density at radius 1 is 1.08 bits per heavy atom. The summed E-state index contributed by atoms with van der Waals surface area (Å²) in [6, 6.07) is 14.3. The summed E-state index contributed by atoms with van der Waals surface area (Å²) in [6.45, 7) is 1.69. The molecule has 1 fully saturated rings. The van der Waals surface area contributed by atoms with Crippen LogP contribution < -0.4 is 0 Å². The summed E-state index contributed by atoms with van der Waals surface area (Å²) in [6.07, 6.45) is 7.30. The molecule has 2 aromatic heterocycles. The second-order valence-corrected chi connectivity index (χ2v) is 7.47. The van der Waals surface area contributed by atoms with Crippen molar-refractivity contribution in [2.45, 2.75) is 25.7 Å². The van der Waals surface area contributed by atoms with Crippen LogP contribution in [0.2, 0.25) is 5.02 Å². The number of hydrogen-bond acceptors (Lipinski definition) is 2. The normalized spacial score (nSPS) is 15.5. The molecule has 26 heavy (non-hydrogen) atoms. The van der Waals surface area contributed by atoms with Gasteiger partial charge in [-0.3, -0.25) is 4.79 Å². The molecular weight excluding hydrogens is 346 g/mol. The van der Waals surface area contributed by atoms with Gasteiger partial charge >= 0.3 is 0 Å². The molecule has 0 N–H and O–H groups in total. The van der Waals surface area contributed by atoms with Crippen LogP contribution in [-0.2, 0) is 17.6 Å². The fourth-order valence-electron chi connectivity index (χ4n) is 3.70. The first-order valence-electron chi connectivity index (χ1n) is 9.12. The van der Waals surface area contributed by atoms with E-state index in [4.69, 9.17) is 11.6 Å². The number of rotatable bonds is 4. The molecule has 0 aliphatic carbocycles. The van der Waals surface area contributed by atoms with Crippen LogP contribution in [0.15, 0.2) is 54.9 Å². The summed E-state index contributed by atoms with van der Waals surface area (Å²) < 4.78 is 1.87. The van der Waals surface area contributed by atoms with Gasteiger partial charge in [-0.15, -0.1) is 0 Å². The van der Waals surface area contributed by atoms with E-state index >= 15 is 0 Å². The van der Waals surface area contributed by atoms with Crippen molar-refractivity contribution in [2.24, 2.45) is 5.92 Å². The van der Waals surface area contributed by atoms with Gasteiger partial charge in [0.25, 0.3) is 0 Å². The highest BCUT2D eigenvalue weighted by molar-refractivity contribution is 6.30. The van der Waals surface area contributed by atoms with Gasteiger partial charge in [0.2, 0.25) is 5.91 Å². The number of carbonyl (C=O) groups excluding carboxylic acids is 1. The van der Waals surface area contributed by atoms with Crippen LogP contribution in [0.1, 0.15) is 24.1 Å². The van der Waals surface area contributed by atoms with E-state index in [2.05, 4.69) is 35.3 Å². The lowest BCUT2D eigenvalue weighted by atomic mass is 9.90. The molecule has 5 heteroatoms. The minimum Gasteiger partial charge on any atom is -0.342 e. The molecule has 1 amide bonds. The molecule has 1 aliphatic rings. The molecule has 0 bridgehead atoms. The van der Waals surface area contributed by atoms with Crippen molar-refractivity contribution < 1.29 is 4.79 Å². The lowest BCUT2D eigenvalue weighted by Gasteiger charge is -2.32. The number of piperidine rings is 1. The third-order valence-corrected chi connectivity index (χ3v) is 5.36. The molecule has 4 nitrogen and oxygen atoms in total. The summed E-state index contributed by atoms with van der Waals surface area (Å²) >= 11 is 6.00. The van der Waals surface area contributed by atoms with Gasteiger partial charge in [0, 0.05) is 25.5 Å². The Morgan fingerprint density at radius 2 is 1.85 bits per heavy atom. The highest BCUT2D eigenvalue weighted by Crippen LogP contribution is 2.22. The van der Waals surface area contributed by atoms with E-state index in [1.807, 2.05) is 33.8 Å². The quantitative estimate of drug-likeness (QED) is 0.698. The Hall–Kier alpha value is -2.33. The van der Waals surface area contributed by atoms with Crippen LogP contribution in [0.25, 0.3) is 5.65 Å². The number of nitrogens with zero attached hydrogens (tertiary/aromatic N) is 3. The summed E-state index contributed by atoms with van der Waals surface area (Å²) in [7, 11) is 0. The lowest BCUT2D eigenvalue weighted by molar-refractivity contribution is -0.131. The summed E-state index contributed by atoms with van der Waals surface area (Å²) in [5.74, 6) is 0.830. The first-order valence-corrected chi connectivity index (χ1v) is 9.50. The molecule has 0 atom stereocenters. The maximum atomic E-state index is 12.6. The van der Waals surface area contributed by atoms with E-state index in [1.54, 1.807) is 0 Å². The zero-order valence-corrected chi connectivity index (χ0v) is 15.4. The highest BCUT2D eigenvalue weighted by atomic mass is 35.5. The Kier molecular flexibility index (Phi) is 4.93. The van der Waals surface area contributed by atoms with Gasteiger partial charge in [-0.25, -0.2) is 4.98 Å². The SMILES string of the molecule is O=C(Cc1cn2cc(Cl)ccc2n1)N1CCC(Cc2ccccc2)CC1. The molecule has 4 rings (SSSR count). The molecule has 134 valence electrons. The topological polar surface area (TPSA) is 37.6 Å². The predicted octanol–water partition coefficient (Wildman–Crippen LogP) is 4.01. The Labute approximate surface area is 158 Å². The fourth-order valence-corrected chi connectivity index (χ4v) is 3.87. The molecule has 3 heterocycles. The largest absolute Gasteiger partial charge is 0.342 e. The molecular formula is C21H22ClN3O. The van der Waals surface area contributed by atoms with Crippen molar-refractivity contribution in [1.29, 1.82) is 0 Å². The number of benzene rings is 1. The number of pyridine rings is 1. The number of likely N-dealkylation sites (tertiary alicyclic amines) is 1. The van der Waals surface area contributed by atoms with E-state index in [9.17, 15) is 4.79 Å². The third-order valence-electron chi connectivity index (χ3n) is 5.13. The summed E-state index contributed by atoms with van der Waals surface area (Å²) in [5, 5.41) is 0.660. The first kappa shape index (κ1) is 17.1. The molecule has 0 radical (unpaired) electrons. The van der Waals surface area contributed by atoms with Crippen LogP contribution in [0.3, 0.4) is 0 Å². The minimum absolute atomic E-state index is 0.165. The summed E-state index contributed by atoms with van der Waals surface area (Å²) in [4.78, 5) is 19.1. The highest BCUT2D eigenvalue weighted by Gasteiger charge is 2.23. The Balaban J connectivity index is 1.33. The van der Waals surface area contributed by atoms with Crippen LogP contribution in [0.5, 0.6) is 0 Å². The monoisotopic (exact) mass is 367 g/mol. The number of imidazole rings is 1. The van der Waals surface area contributed by atoms with Crippen LogP contribution in [-0.4, -0.2) is 33.3 Å². The van der Waals surface area contributed by atoms with Gasteiger partial charge in [0.15, 0.2) is 0 Å². The van der Waals surface area contributed by atoms with Gasteiger partial charge in [0.05, 0.1) is 17.1 Å². The maximum absolute atomic E-state index is 12.6. The minimum atomic E-state index is 0.165. The van der Waals surface area contributed by atoms with E-state index < -0.39 is 0 Å². The van der Waals surface area contributed by atoms with Crippen LogP contribution >= 0.6 is 11.6 Å².